The Bertz CT molecular complexity index is 4240. The first kappa shape index (κ1) is 39.0. The van der Waals surface area contributed by atoms with Crippen LogP contribution in [-0.4, -0.2) is 4.57 Å². The van der Waals surface area contributed by atoms with Gasteiger partial charge in [-0.3, -0.25) is 0 Å². The topological polar surface area (TPSA) is 21.3 Å². The molecule has 0 N–H and O–H groups in total. The summed E-state index contributed by atoms with van der Waals surface area (Å²) in [5, 5.41) is 12.3. The maximum atomic E-state index is 6.56. The molecule has 2 heterocycles. The molecule has 69 heavy (non-hydrogen) atoms. The zero-order valence-electron chi connectivity index (χ0n) is 37.6. The molecule has 3 heteroatoms. The summed E-state index contributed by atoms with van der Waals surface area (Å²) < 4.78 is 8.98. The lowest BCUT2D eigenvalue weighted by Crippen LogP contribution is -2.10. The van der Waals surface area contributed by atoms with Crippen LogP contribution in [0, 0.1) is 0 Å². The molecule has 0 saturated carbocycles. The summed E-state index contributed by atoms with van der Waals surface area (Å²) in [6, 6.07) is 92.5. The van der Waals surface area contributed by atoms with Gasteiger partial charge < -0.3 is 13.9 Å². The van der Waals surface area contributed by atoms with Gasteiger partial charge in [-0.15, -0.1) is 0 Å². The smallest absolute Gasteiger partial charge is 0.143 e. The molecule has 0 fully saturated rings. The van der Waals surface area contributed by atoms with Gasteiger partial charge in [0.1, 0.15) is 11.2 Å². The van der Waals surface area contributed by atoms with Gasteiger partial charge in [-0.05, 0) is 115 Å². The van der Waals surface area contributed by atoms with Gasteiger partial charge in [0, 0.05) is 49.7 Å². The molecule has 0 spiro atoms. The second-order valence-electron chi connectivity index (χ2n) is 18.0. The van der Waals surface area contributed by atoms with E-state index in [2.05, 4.69) is 258 Å². The fraction of sp³-hybridized carbons (Fsp3) is 0. The van der Waals surface area contributed by atoms with Crippen LogP contribution < -0.4 is 4.90 Å². The highest BCUT2D eigenvalue weighted by molar-refractivity contribution is 6.26. The third-order valence-corrected chi connectivity index (χ3v) is 14.2. The van der Waals surface area contributed by atoms with E-state index in [4.69, 9.17) is 4.42 Å². The minimum absolute atomic E-state index is 0.899. The highest BCUT2D eigenvalue weighted by atomic mass is 16.3. The summed E-state index contributed by atoms with van der Waals surface area (Å²) in [5.41, 5.74) is 15.3. The van der Waals surface area contributed by atoms with Crippen molar-refractivity contribution in [2.45, 2.75) is 0 Å². The van der Waals surface area contributed by atoms with Crippen LogP contribution >= 0.6 is 0 Å². The molecule has 12 aromatic carbocycles. The largest absolute Gasteiger partial charge is 0.455 e. The Hall–Kier alpha value is -9.18. The fourth-order valence-corrected chi connectivity index (χ4v) is 11.1. The van der Waals surface area contributed by atoms with Crippen LogP contribution in [0.3, 0.4) is 0 Å². The van der Waals surface area contributed by atoms with E-state index in [-0.39, 0.29) is 0 Å². The molecule has 0 atom stereocenters. The predicted molar refractivity (Wildman–Crippen MR) is 292 cm³/mol. The molecule has 0 aliphatic heterocycles. The average molecular weight is 879 g/mol. The first-order chi connectivity index (χ1) is 34.2. The van der Waals surface area contributed by atoms with Crippen LogP contribution in [0.15, 0.2) is 259 Å². The zero-order valence-corrected chi connectivity index (χ0v) is 37.6. The molecule has 0 bridgehead atoms. The Morgan fingerprint density at radius 2 is 0.768 bits per heavy atom. The van der Waals surface area contributed by atoms with Gasteiger partial charge in [0.25, 0.3) is 0 Å². The van der Waals surface area contributed by atoms with Gasteiger partial charge in [-0.25, -0.2) is 0 Å². The molecule has 0 radical (unpaired) electrons. The lowest BCUT2D eigenvalue weighted by Gasteiger charge is -2.27. The van der Waals surface area contributed by atoms with Crippen LogP contribution in [-0.2, 0) is 0 Å². The molecule has 0 aliphatic rings. The Balaban J connectivity index is 0.945. The number of hydrogen-bond donors (Lipinski definition) is 0. The summed E-state index contributed by atoms with van der Waals surface area (Å²) >= 11 is 0. The monoisotopic (exact) mass is 878 g/mol. The van der Waals surface area contributed by atoms with Crippen molar-refractivity contribution < 1.29 is 4.42 Å². The molecule has 0 aliphatic carbocycles. The predicted octanol–water partition coefficient (Wildman–Crippen LogP) is 18.6. The van der Waals surface area contributed by atoms with Crippen molar-refractivity contribution in [2.24, 2.45) is 0 Å². The van der Waals surface area contributed by atoms with E-state index < -0.39 is 0 Å². The minimum Gasteiger partial charge on any atom is -0.455 e. The summed E-state index contributed by atoms with van der Waals surface area (Å²) in [6.45, 7) is 0. The van der Waals surface area contributed by atoms with Crippen LogP contribution in [0.4, 0.5) is 17.1 Å². The average Bonchev–Trinajstić information content (AvgIpc) is 3.98. The molecule has 322 valence electrons. The molecule has 14 rings (SSSR count). The number of anilines is 3. The van der Waals surface area contributed by atoms with Gasteiger partial charge in [0.15, 0.2) is 0 Å². The summed E-state index contributed by atoms with van der Waals surface area (Å²) in [5.74, 6) is 0. The molecular formula is C66H42N2O. The lowest BCUT2D eigenvalue weighted by molar-refractivity contribution is 0.670. The second-order valence-corrected chi connectivity index (χ2v) is 18.0. The van der Waals surface area contributed by atoms with Crippen LogP contribution in [0.2, 0.25) is 0 Å². The highest BCUT2D eigenvalue weighted by Crippen LogP contribution is 2.45. The summed E-state index contributed by atoms with van der Waals surface area (Å²) in [4.78, 5) is 2.42. The van der Waals surface area contributed by atoms with E-state index >= 15 is 0 Å². The number of rotatable bonds is 7. The van der Waals surface area contributed by atoms with E-state index in [1.54, 1.807) is 0 Å². The third-order valence-electron chi connectivity index (χ3n) is 14.2. The third kappa shape index (κ3) is 6.21. The van der Waals surface area contributed by atoms with E-state index in [0.29, 0.717) is 0 Å². The van der Waals surface area contributed by atoms with Crippen LogP contribution in [0.25, 0.3) is 115 Å². The van der Waals surface area contributed by atoms with Gasteiger partial charge in [-0.1, -0.05) is 194 Å². The van der Waals surface area contributed by atoms with Gasteiger partial charge in [0.2, 0.25) is 0 Å². The molecule has 14 aromatic rings. The van der Waals surface area contributed by atoms with Gasteiger partial charge in [0.05, 0.1) is 16.7 Å². The number of nitrogens with zero attached hydrogens (tertiary/aromatic N) is 2. The van der Waals surface area contributed by atoms with E-state index in [9.17, 15) is 0 Å². The van der Waals surface area contributed by atoms with Crippen molar-refractivity contribution in [3.8, 4) is 39.1 Å². The Morgan fingerprint density at radius 1 is 0.275 bits per heavy atom. The molecule has 0 amide bonds. The van der Waals surface area contributed by atoms with E-state index in [1.807, 2.05) is 6.07 Å². The number of benzene rings is 12. The van der Waals surface area contributed by atoms with Crippen molar-refractivity contribution in [1.29, 1.82) is 0 Å². The molecular weight excluding hydrogens is 837 g/mol. The molecule has 3 nitrogen and oxygen atoms in total. The van der Waals surface area contributed by atoms with Crippen LogP contribution in [0.5, 0.6) is 0 Å². The first-order valence-corrected chi connectivity index (χ1v) is 23.7. The zero-order chi connectivity index (χ0) is 45.4. The minimum atomic E-state index is 0.899. The summed E-state index contributed by atoms with van der Waals surface area (Å²) in [7, 11) is 0. The Kier molecular flexibility index (Phi) is 8.90. The van der Waals surface area contributed by atoms with Gasteiger partial charge in [-0.2, -0.15) is 0 Å². The Labute approximate surface area is 399 Å². The highest BCUT2D eigenvalue weighted by Gasteiger charge is 2.21. The Morgan fingerprint density at radius 3 is 1.48 bits per heavy atom. The van der Waals surface area contributed by atoms with Gasteiger partial charge >= 0.3 is 0 Å². The number of aromatic nitrogens is 1. The van der Waals surface area contributed by atoms with Crippen molar-refractivity contribution in [1.82, 2.24) is 4.57 Å². The van der Waals surface area contributed by atoms with Crippen molar-refractivity contribution in [3.05, 3.63) is 255 Å². The number of hydrogen-bond acceptors (Lipinski definition) is 2. The fourth-order valence-electron chi connectivity index (χ4n) is 11.1. The number of para-hydroxylation sites is 5. The number of furan rings is 1. The maximum absolute atomic E-state index is 6.56. The quantitative estimate of drug-likeness (QED) is 0.149. The number of fused-ring (bicyclic) bond motifs is 12. The van der Waals surface area contributed by atoms with Crippen molar-refractivity contribution >= 4 is 93.1 Å². The van der Waals surface area contributed by atoms with E-state index in [0.717, 1.165) is 78.1 Å². The first-order valence-electron chi connectivity index (χ1n) is 23.7. The van der Waals surface area contributed by atoms with E-state index in [1.165, 1.54) is 54.1 Å². The second kappa shape index (κ2) is 15.7. The van der Waals surface area contributed by atoms with Crippen LogP contribution in [0.1, 0.15) is 0 Å². The maximum Gasteiger partial charge on any atom is 0.143 e. The molecule has 0 unspecified atom stereocenters. The van der Waals surface area contributed by atoms with Crippen molar-refractivity contribution in [2.75, 3.05) is 4.90 Å². The normalized spacial score (nSPS) is 11.8. The lowest BCUT2D eigenvalue weighted by atomic mass is 9.93. The van der Waals surface area contributed by atoms with Crippen molar-refractivity contribution in [3.63, 3.8) is 0 Å². The summed E-state index contributed by atoms with van der Waals surface area (Å²) in [6.07, 6.45) is 0. The molecule has 0 saturated heterocycles. The standard InChI is InChI=1S/C66H42N2O/c1-2-21-50(59-29-16-30-60-58-28-10-14-34-65(58)69-66(59)60)48(19-1)43-35-37-45(38-36-43)67(47-39-40-55-53-24-4-3-22-51(53)52-23-5-6-25-54(52)61(55)42-47)46-18-15-17-44(41-46)49-20-7-11-31-62(49)68-63-32-12-8-26-56(63)57-27-9-13-33-64(57)68/h1-42H. The molecule has 2 aromatic heterocycles. The SMILES string of the molecule is c1cc(-c2ccccc2-n2c3ccccc3c3ccccc32)cc(N(c2ccc(-c3ccccc3-c3cccc4c3oc3ccccc34)cc2)c2ccc3c4ccccc4c4ccccc4c3c2)c1.